The molecular weight excluding hydrogens is 435 g/mol. The fourth-order valence-electron chi connectivity index (χ4n) is 4.25. The van der Waals surface area contributed by atoms with Gasteiger partial charge in [-0.1, -0.05) is 41.9 Å². The van der Waals surface area contributed by atoms with Crippen LogP contribution in [0.25, 0.3) is 0 Å². The van der Waals surface area contributed by atoms with Crippen LogP contribution < -0.4 is 4.90 Å². The molecule has 1 fully saturated rings. The summed E-state index contributed by atoms with van der Waals surface area (Å²) in [5.74, 6) is -0.0141. The summed E-state index contributed by atoms with van der Waals surface area (Å²) in [5, 5.41) is 0.551. The summed E-state index contributed by atoms with van der Waals surface area (Å²) in [6.45, 7) is 0.776. The maximum Gasteiger partial charge on any atom is 0.268 e. The quantitative estimate of drug-likeness (QED) is 0.557. The predicted molar refractivity (Wildman–Crippen MR) is 121 cm³/mol. The lowest BCUT2D eigenvalue weighted by Gasteiger charge is -2.33. The van der Waals surface area contributed by atoms with Gasteiger partial charge >= 0.3 is 0 Å². The lowest BCUT2D eigenvalue weighted by Crippen LogP contribution is -2.50. The van der Waals surface area contributed by atoms with Crippen LogP contribution in [0.5, 0.6) is 0 Å². The number of para-hydroxylation sites is 1. The Morgan fingerprint density at radius 3 is 2.48 bits per heavy atom. The van der Waals surface area contributed by atoms with Crippen LogP contribution in [0, 0.1) is 5.82 Å². The molecule has 2 amide bonds. The summed E-state index contributed by atoms with van der Waals surface area (Å²) in [6.07, 6.45) is 0. The van der Waals surface area contributed by atoms with Gasteiger partial charge in [-0.05, 0) is 48.0 Å². The van der Waals surface area contributed by atoms with E-state index in [1.54, 1.807) is 46.2 Å². The zero-order valence-electron chi connectivity index (χ0n) is 16.4. The summed E-state index contributed by atoms with van der Waals surface area (Å²) in [4.78, 5) is 29.6. The second-order valence-electron chi connectivity index (χ2n) is 7.49. The molecule has 2 heterocycles. The number of thioether (sulfide) groups is 1. The van der Waals surface area contributed by atoms with E-state index < -0.39 is 4.87 Å². The molecular formula is C24H18ClFN2O2S. The average Bonchev–Trinajstić information content (AvgIpc) is 3.33. The molecule has 0 bridgehead atoms. The summed E-state index contributed by atoms with van der Waals surface area (Å²) in [6, 6.07) is 20.4. The molecule has 1 saturated heterocycles. The monoisotopic (exact) mass is 452 g/mol. The average molecular weight is 453 g/mol. The van der Waals surface area contributed by atoms with E-state index in [1.807, 2.05) is 24.3 Å². The van der Waals surface area contributed by atoms with Crippen LogP contribution in [0.2, 0.25) is 5.02 Å². The largest absolute Gasteiger partial charge is 0.311 e. The molecule has 2 aliphatic rings. The van der Waals surface area contributed by atoms with Gasteiger partial charge in [-0.3, -0.25) is 9.59 Å². The highest BCUT2D eigenvalue weighted by atomic mass is 35.5. The van der Waals surface area contributed by atoms with Crippen LogP contribution >= 0.6 is 23.4 Å². The SMILES string of the molecule is O=C(c1ccc(Cl)cc1)N1CCS[C@]12C(=O)N(Cc1ccc(F)cc1)c1ccccc12. The molecule has 3 aromatic rings. The first-order chi connectivity index (χ1) is 15.0. The minimum Gasteiger partial charge on any atom is -0.311 e. The van der Waals surface area contributed by atoms with E-state index in [2.05, 4.69) is 0 Å². The van der Waals surface area contributed by atoms with Crippen LogP contribution in [0.3, 0.4) is 0 Å². The zero-order valence-corrected chi connectivity index (χ0v) is 18.0. The Hall–Kier alpha value is -2.83. The first kappa shape index (κ1) is 20.1. The number of hydrogen-bond donors (Lipinski definition) is 0. The molecule has 156 valence electrons. The minimum absolute atomic E-state index is 0.150. The molecule has 0 unspecified atom stereocenters. The van der Waals surface area contributed by atoms with Gasteiger partial charge in [0.05, 0.1) is 12.2 Å². The van der Waals surface area contributed by atoms with E-state index >= 15 is 0 Å². The zero-order chi connectivity index (χ0) is 21.6. The van der Waals surface area contributed by atoms with Gasteiger partial charge in [-0.2, -0.15) is 0 Å². The van der Waals surface area contributed by atoms with Crippen molar-refractivity contribution >= 4 is 40.9 Å². The number of benzene rings is 3. The number of fused-ring (bicyclic) bond motifs is 2. The molecule has 7 heteroatoms. The van der Waals surface area contributed by atoms with Crippen molar-refractivity contribution < 1.29 is 14.0 Å². The molecule has 0 aromatic heterocycles. The first-order valence-corrected chi connectivity index (χ1v) is 11.2. The number of anilines is 1. The topological polar surface area (TPSA) is 40.6 Å². The number of carbonyl (C=O) groups excluding carboxylic acids is 2. The van der Waals surface area contributed by atoms with Crippen LogP contribution in [-0.2, 0) is 16.2 Å². The normalized spacial score (nSPS) is 19.9. The summed E-state index contributed by atoms with van der Waals surface area (Å²) in [5.41, 5.74) is 2.90. The third-order valence-electron chi connectivity index (χ3n) is 5.69. The van der Waals surface area contributed by atoms with E-state index in [1.165, 1.54) is 23.9 Å². The Labute approximate surface area is 188 Å². The van der Waals surface area contributed by atoms with Crippen molar-refractivity contribution in [3.8, 4) is 0 Å². The van der Waals surface area contributed by atoms with Crippen molar-refractivity contribution in [1.82, 2.24) is 4.90 Å². The fourth-order valence-corrected chi connectivity index (χ4v) is 5.83. The number of nitrogens with zero attached hydrogens (tertiary/aromatic N) is 2. The molecule has 2 aliphatic heterocycles. The van der Waals surface area contributed by atoms with Crippen molar-refractivity contribution in [1.29, 1.82) is 0 Å². The molecule has 0 saturated carbocycles. The van der Waals surface area contributed by atoms with Gasteiger partial charge in [-0.15, -0.1) is 11.8 Å². The molecule has 1 spiro atoms. The van der Waals surface area contributed by atoms with Crippen molar-refractivity contribution in [2.75, 3.05) is 17.2 Å². The lowest BCUT2D eigenvalue weighted by molar-refractivity contribution is -0.123. The molecule has 0 N–H and O–H groups in total. The number of amides is 2. The number of rotatable bonds is 3. The maximum atomic E-state index is 13.9. The van der Waals surface area contributed by atoms with Gasteiger partial charge < -0.3 is 9.80 Å². The van der Waals surface area contributed by atoms with Crippen LogP contribution in [-0.4, -0.2) is 29.0 Å². The Morgan fingerprint density at radius 1 is 1.03 bits per heavy atom. The smallest absolute Gasteiger partial charge is 0.268 e. The Balaban J connectivity index is 1.56. The summed E-state index contributed by atoms with van der Waals surface area (Å²) in [7, 11) is 0. The third kappa shape index (κ3) is 3.22. The molecule has 0 aliphatic carbocycles. The molecule has 1 atom stereocenters. The minimum atomic E-state index is -1.10. The maximum absolute atomic E-state index is 13.9. The molecule has 31 heavy (non-hydrogen) atoms. The predicted octanol–water partition coefficient (Wildman–Crippen LogP) is 5.07. The Kier molecular flexibility index (Phi) is 4.99. The molecule has 3 aromatic carbocycles. The van der Waals surface area contributed by atoms with E-state index in [-0.39, 0.29) is 17.6 Å². The van der Waals surface area contributed by atoms with Gasteiger partial charge in [0.15, 0.2) is 4.87 Å². The highest BCUT2D eigenvalue weighted by molar-refractivity contribution is 8.01. The van der Waals surface area contributed by atoms with Gasteiger partial charge in [-0.25, -0.2) is 4.39 Å². The molecule has 4 nitrogen and oxygen atoms in total. The van der Waals surface area contributed by atoms with Gasteiger partial charge in [0, 0.05) is 28.4 Å². The van der Waals surface area contributed by atoms with Crippen LogP contribution in [0.15, 0.2) is 72.8 Å². The third-order valence-corrected chi connectivity index (χ3v) is 7.36. The second-order valence-corrected chi connectivity index (χ2v) is 9.22. The Morgan fingerprint density at radius 2 is 1.74 bits per heavy atom. The van der Waals surface area contributed by atoms with Crippen LogP contribution in [0.1, 0.15) is 21.5 Å². The van der Waals surface area contributed by atoms with Crippen molar-refractivity contribution in [2.24, 2.45) is 0 Å². The van der Waals surface area contributed by atoms with E-state index in [0.717, 1.165) is 16.8 Å². The number of halogens is 2. The van der Waals surface area contributed by atoms with Crippen LogP contribution in [0.4, 0.5) is 10.1 Å². The van der Waals surface area contributed by atoms with E-state index in [4.69, 9.17) is 11.6 Å². The second kappa shape index (κ2) is 7.70. The molecule has 5 rings (SSSR count). The highest BCUT2D eigenvalue weighted by Crippen LogP contribution is 2.54. The fraction of sp³-hybridized carbons (Fsp3) is 0.167. The van der Waals surface area contributed by atoms with Crippen molar-refractivity contribution in [3.63, 3.8) is 0 Å². The first-order valence-electron chi connectivity index (χ1n) is 9.88. The van der Waals surface area contributed by atoms with Gasteiger partial charge in [0.2, 0.25) is 0 Å². The van der Waals surface area contributed by atoms with Crippen molar-refractivity contribution in [3.05, 3.63) is 100 Å². The van der Waals surface area contributed by atoms with E-state index in [0.29, 0.717) is 29.4 Å². The number of hydrogen-bond acceptors (Lipinski definition) is 3. The molecule has 0 radical (unpaired) electrons. The summed E-state index contributed by atoms with van der Waals surface area (Å²) >= 11 is 7.46. The number of carbonyl (C=O) groups is 2. The lowest BCUT2D eigenvalue weighted by atomic mass is 10.0. The van der Waals surface area contributed by atoms with Gasteiger partial charge in [0.25, 0.3) is 11.8 Å². The van der Waals surface area contributed by atoms with Gasteiger partial charge in [0.1, 0.15) is 5.82 Å². The standard InChI is InChI=1S/C24H18ClFN2O2S/c25-18-9-7-17(8-10-18)22(29)28-13-14-31-24(28)20-3-1-2-4-21(20)27(23(24)30)15-16-5-11-19(26)12-6-16/h1-12H,13-15H2/t24-/m1/s1. The highest BCUT2D eigenvalue weighted by Gasteiger charge is 2.59. The Bertz CT molecular complexity index is 1170. The van der Waals surface area contributed by atoms with Crippen molar-refractivity contribution in [2.45, 2.75) is 11.4 Å². The summed E-state index contributed by atoms with van der Waals surface area (Å²) < 4.78 is 13.3. The van der Waals surface area contributed by atoms with E-state index in [9.17, 15) is 14.0 Å².